The van der Waals surface area contributed by atoms with Crippen molar-refractivity contribution in [3.8, 4) is 0 Å². The molecule has 1 rings (SSSR count). The van der Waals surface area contributed by atoms with Gasteiger partial charge in [0, 0.05) is 6.04 Å². The van der Waals surface area contributed by atoms with Crippen LogP contribution in [0.25, 0.3) is 0 Å². The molecule has 0 heterocycles. The molecule has 0 radical (unpaired) electrons. The SMILES string of the molecule is CCc1ccccc1C(N)CCC(C)C. The van der Waals surface area contributed by atoms with E-state index in [2.05, 4.69) is 45.0 Å². The van der Waals surface area contributed by atoms with Gasteiger partial charge in [-0.15, -0.1) is 0 Å². The first-order valence-corrected chi connectivity index (χ1v) is 5.98. The molecule has 0 bridgehead atoms. The quantitative estimate of drug-likeness (QED) is 0.779. The lowest BCUT2D eigenvalue weighted by Crippen LogP contribution is -2.13. The molecule has 2 N–H and O–H groups in total. The molecule has 0 fully saturated rings. The van der Waals surface area contributed by atoms with E-state index in [1.807, 2.05) is 0 Å². The lowest BCUT2D eigenvalue weighted by atomic mass is 9.94. The largest absolute Gasteiger partial charge is 0.324 e. The number of aryl methyl sites for hydroxylation is 1. The van der Waals surface area contributed by atoms with E-state index in [0.717, 1.165) is 18.8 Å². The summed E-state index contributed by atoms with van der Waals surface area (Å²) in [5.74, 6) is 0.741. The Bertz CT molecular complexity index is 291. The van der Waals surface area contributed by atoms with Crippen LogP contribution in [0.4, 0.5) is 0 Å². The molecule has 1 aromatic carbocycles. The minimum absolute atomic E-state index is 0.212. The number of hydrogen-bond donors (Lipinski definition) is 1. The minimum Gasteiger partial charge on any atom is -0.324 e. The van der Waals surface area contributed by atoms with Crippen LogP contribution in [0.15, 0.2) is 24.3 Å². The third-order valence-corrected chi connectivity index (χ3v) is 2.89. The minimum atomic E-state index is 0.212. The van der Waals surface area contributed by atoms with Crippen LogP contribution in [-0.2, 0) is 6.42 Å². The Hall–Kier alpha value is -0.820. The molecule has 84 valence electrons. The van der Waals surface area contributed by atoms with Gasteiger partial charge in [0.2, 0.25) is 0 Å². The molecule has 1 atom stereocenters. The van der Waals surface area contributed by atoms with Crippen molar-refractivity contribution in [1.82, 2.24) is 0 Å². The summed E-state index contributed by atoms with van der Waals surface area (Å²) in [7, 11) is 0. The molecular formula is C14H23N. The van der Waals surface area contributed by atoms with Gasteiger partial charge in [0.1, 0.15) is 0 Å². The van der Waals surface area contributed by atoms with Crippen LogP contribution >= 0.6 is 0 Å². The summed E-state index contributed by atoms with van der Waals surface area (Å²) in [4.78, 5) is 0. The summed E-state index contributed by atoms with van der Waals surface area (Å²) >= 11 is 0. The van der Waals surface area contributed by atoms with Crippen molar-refractivity contribution in [2.45, 2.75) is 46.1 Å². The van der Waals surface area contributed by atoms with Crippen molar-refractivity contribution in [2.24, 2.45) is 11.7 Å². The second-order valence-electron chi connectivity index (χ2n) is 4.63. The third kappa shape index (κ3) is 3.67. The topological polar surface area (TPSA) is 26.0 Å². The smallest absolute Gasteiger partial charge is 0.0297 e. The van der Waals surface area contributed by atoms with Gasteiger partial charge in [-0.05, 0) is 36.3 Å². The monoisotopic (exact) mass is 205 g/mol. The molecular weight excluding hydrogens is 182 g/mol. The average Bonchev–Trinajstić information content (AvgIpc) is 2.25. The Morgan fingerprint density at radius 1 is 1.13 bits per heavy atom. The molecule has 0 aliphatic carbocycles. The number of benzene rings is 1. The molecule has 1 unspecified atom stereocenters. The zero-order valence-electron chi connectivity index (χ0n) is 10.2. The van der Waals surface area contributed by atoms with Gasteiger partial charge in [-0.2, -0.15) is 0 Å². The predicted octanol–water partition coefficient (Wildman–Crippen LogP) is 3.69. The molecule has 1 nitrogen and oxygen atoms in total. The number of hydrogen-bond acceptors (Lipinski definition) is 1. The van der Waals surface area contributed by atoms with Crippen molar-refractivity contribution in [3.63, 3.8) is 0 Å². The highest BCUT2D eigenvalue weighted by atomic mass is 14.6. The van der Waals surface area contributed by atoms with Gasteiger partial charge in [-0.25, -0.2) is 0 Å². The summed E-state index contributed by atoms with van der Waals surface area (Å²) in [6, 6.07) is 8.75. The van der Waals surface area contributed by atoms with Crippen molar-refractivity contribution in [1.29, 1.82) is 0 Å². The fraction of sp³-hybridized carbons (Fsp3) is 0.571. The van der Waals surface area contributed by atoms with Crippen LogP contribution in [0.5, 0.6) is 0 Å². The molecule has 0 aromatic heterocycles. The van der Waals surface area contributed by atoms with Crippen LogP contribution in [0, 0.1) is 5.92 Å². The Labute approximate surface area is 93.7 Å². The van der Waals surface area contributed by atoms with E-state index in [1.54, 1.807) is 0 Å². The second-order valence-corrected chi connectivity index (χ2v) is 4.63. The standard InChI is InChI=1S/C14H23N/c1-4-12-7-5-6-8-13(12)14(15)10-9-11(2)3/h5-8,11,14H,4,9-10,15H2,1-3H3. The zero-order chi connectivity index (χ0) is 11.3. The van der Waals surface area contributed by atoms with Crippen molar-refractivity contribution in [2.75, 3.05) is 0 Å². The summed E-state index contributed by atoms with van der Waals surface area (Å²) in [5, 5.41) is 0. The van der Waals surface area contributed by atoms with Crippen molar-refractivity contribution < 1.29 is 0 Å². The Morgan fingerprint density at radius 2 is 1.80 bits per heavy atom. The molecule has 0 saturated carbocycles. The van der Waals surface area contributed by atoms with Crippen molar-refractivity contribution >= 4 is 0 Å². The Morgan fingerprint density at radius 3 is 2.40 bits per heavy atom. The second kappa shape index (κ2) is 5.92. The number of rotatable bonds is 5. The van der Waals surface area contributed by atoms with E-state index >= 15 is 0 Å². The molecule has 0 amide bonds. The van der Waals surface area contributed by atoms with Gasteiger partial charge >= 0.3 is 0 Å². The fourth-order valence-electron chi connectivity index (χ4n) is 1.89. The van der Waals surface area contributed by atoms with E-state index in [-0.39, 0.29) is 6.04 Å². The van der Waals surface area contributed by atoms with E-state index < -0.39 is 0 Å². The Kier molecular flexibility index (Phi) is 4.83. The zero-order valence-corrected chi connectivity index (χ0v) is 10.2. The first kappa shape index (κ1) is 12.3. The highest BCUT2D eigenvalue weighted by Crippen LogP contribution is 2.22. The maximum atomic E-state index is 6.22. The molecule has 0 aliphatic rings. The van der Waals surface area contributed by atoms with Gasteiger partial charge in [0.15, 0.2) is 0 Å². The van der Waals surface area contributed by atoms with Gasteiger partial charge in [0.25, 0.3) is 0 Å². The lowest BCUT2D eigenvalue weighted by molar-refractivity contribution is 0.505. The maximum absolute atomic E-state index is 6.22. The number of nitrogens with two attached hydrogens (primary N) is 1. The fourth-order valence-corrected chi connectivity index (χ4v) is 1.89. The first-order chi connectivity index (χ1) is 7.15. The van der Waals surface area contributed by atoms with Crippen LogP contribution in [0.1, 0.15) is 50.8 Å². The first-order valence-electron chi connectivity index (χ1n) is 5.98. The summed E-state index contributed by atoms with van der Waals surface area (Å²) in [6.45, 7) is 6.69. The van der Waals surface area contributed by atoms with Crippen LogP contribution < -0.4 is 5.73 Å². The highest BCUT2D eigenvalue weighted by Gasteiger charge is 2.09. The van der Waals surface area contributed by atoms with Gasteiger partial charge in [-0.3, -0.25) is 0 Å². The van der Waals surface area contributed by atoms with E-state index in [0.29, 0.717) is 0 Å². The molecule has 1 aromatic rings. The van der Waals surface area contributed by atoms with Gasteiger partial charge in [-0.1, -0.05) is 45.0 Å². The van der Waals surface area contributed by atoms with E-state index in [9.17, 15) is 0 Å². The van der Waals surface area contributed by atoms with E-state index in [4.69, 9.17) is 5.73 Å². The molecule has 15 heavy (non-hydrogen) atoms. The van der Waals surface area contributed by atoms with Gasteiger partial charge in [0.05, 0.1) is 0 Å². The summed E-state index contributed by atoms with van der Waals surface area (Å²) in [5.41, 5.74) is 8.95. The lowest BCUT2D eigenvalue weighted by Gasteiger charge is -2.16. The summed E-state index contributed by atoms with van der Waals surface area (Å²) < 4.78 is 0. The average molecular weight is 205 g/mol. The van der Waals surface area contributed by atoms with Gasteiger partial charge < -0.3 is 5.73 Å². The predicted molar refractivity (Wildman–Crippen MR) is 66.8 cm³/mol. The maximum Gasteiger partial charge on any atom is 0.0297 e. The van der Waals surface area contributed by atoms with E-state index in [1.165, 1.54) is 17.5 Å². The molecule has 0 spiro atoms. The van der Waals surface area contributed by atoms with Crippen molar-refractivity contribution in [3.05, 3.63) is 35.4 Å². The normalized spacial score (nSPS) is 13.1. The molecule has 1 heteroatoms. The summed E-state index contributed by atoms with van der Waals surface area (Å²) in [6.07, 6.45) is 3.37. The third-order valence-electron chi connectivity index (χ3n) is 2.89. The molecule has 0 saturated heterocycles. The molecule has 0 aliphatic heterocycles. The van der Waals surface area contributed by atoms with Crippen LogP contribution in [0.3, 0.4) is 0 Å². The van der Waals surface area contributed by atoms with Crippen LogP contribution in [-0.4, -0.2) is 0 Å². The Balaban J connectivity index is 2.68. The highest BCUT2D eigenvalue weighted by molar-refractivity contribution is 5.29. The van der Waals surface area contributed by atoms with Crippen LogP contribution in [0.2, 0.25) is 0 Å².